The van der Waals surface area contributed by atoms with Gasteiger partial charge in [0.05, 0.1) is 17.7 Å². The van der Waals surface area contributed by atoms with Crippen LogP contribution < -0.4 is 14.8 Å². The van der Waals surface area contributed by atoms with E-state index < -0.39 is 10.0 Å². The van der Waals surface area contributed by atoms with E-state index >= 15 is 0 Å². The molecule has 2 aliphatic rings. The van der Waals surface area contributed by atoms with Crippen molar-refractivity contribution in [2.24, 2.45) is 11.1 Å². The van der Waals surface area contributed by atoms with E-state index in [1.54, 1.807) is 18.1 Å². The average molecular weight is 456 g/mol. The monoisotopic (exact) mass is 455 g/mol. The van der Waals surface area contributed by atoms with Crippen LogP contribution in [-0.2, 0) is 34.1 Å². The van der Waals surface area contributed by atoms with Crippen LogP contribution in [0.4, 0.5) is 5.69 Å². The third-order valence-corrected chi connectivity index (χ3v) is 7.70. The van der Waals surface area contributed by atoms with E-state index in [2.05, 4.69) is 17.1 Å². The van der Waals surface area contributed by atoms with Crippen LogP contribution in [0.1, 0.15) is 16.7 Å². The molecule has 3 aromatic rings. The molecule has 0 saturated heterocycles. The van der Waals surface area contributed by atoms with E-state index in [1.807, 2.05) is 11.4 Å². The van der Waals surface area contributed by atoms with Crippen LogP contribution in [0.25, 0.3) is 11.3 Å². The van der Waals surface area contributed by atoms with Gasteiger partial charge in [0.1, 0.15) is 0 Å². The molecule has 7 nitrogen and oxygen atoms in total. The summed E-state index contributed by atoms with van der Waals surface area (Å²) < 4.78 is 28.7. The minimum absolute atomic E-state index is 0.0263. The Bertz CT molecular complexity index is 1300. The van der Waals surface area contributed by atoms with Gasteiger partial charge in [-0.3, -0.25) is 4.79 Å². The fourth-order valence-corrected chi connectivity index (χ4v) is 5.60. The molecule has 1 aliphatic carbocycles. The second-order valence-corrected chi connectivity index (χ2v) is 10.2. The van der Waals surface area contributed by atoms with E-state index in [4.69, 9.17) is 9.88 Å². The average Bonchev–Trinajstić information content (AvgIpc) is 3.48. The number of methoxy groups -OCH3 is 1. The Morgan fingerprint density at radius 2 is 1.94 bits per heavy atom. The van der Waals surface area contributed by atoms with E-state index in [0.717, 1.165) is 22.4 Å². The number of hydrogen-bond acceptors (Lipinski definition) is 6. The first-order valence-corrected chi connectivity index (χ1v) is 12.3. The first-order valence-electron chi connectivity index (χ1n) is 9.92. The number of rotatable bonds is 4. The van der Waals surface area contributed by atoms with Crippen LogP contribution in [0.15, 0.2) is 46.7 Å². The second kappa shape index (κ2) is 7.44. The summed E-state index contributed by atoms with van der Waals surface area (Å²) in [5.74, 6) is -0.141. The number of ether oxygens (including phenoxy) is 1. The van der Waals surface area contributed by atoms with Gasteiger partial charge < -0.3 is 9.64 Å². The predicted molar refractivity (Wildman–Crippen MR) is 119 cm³/mol. The molecule has 9 heteroatoms. The van der Waals surface area contributed by atoms with Crippen LogP contribution in [-0.4, -0.2) is 33.0 Å². The molecule has 2 aromatic carbocycles. The first kappa shape index (κ1) is 20.2. The Hall–Kier alpha value is -2.75. The van der Waals surface area contributed by atoms with Crippen molar-refractivity contribution in [3.63, 3.8) is 0 Å². The molecule has 0 radical (unpaired) electrons. The van der Waals surface area contributed by atoms with Gasteiger partial charge in [-0.15, -0.1) is 0 Å². The van der Waals surface area contributed by atoms with Gasteiger partial charge in [0.25, 0.3) is 5.19 Å². The molecule has 1 aromatic heterocycles. The number of anilines is 1. The fraction of sp³-hybridized carbons (Fsp3) is 0.273. The number of sulfonamides is 1. The number of nitrogens with two attached hydrogens (primary N) is 1. The summed E-state index contributed by atoms with van der Waals surface area (Å²) in [5.41, 5.74) is 5.82. The van der Waals surface area contributed by atoms with Crippen molar-refractivity contribution in [1.29, 1.82) is 0 Å². The Morgan fingerprint density at radius 1 is 1.16 bits per heavy atom. The molecule has 5 rings (SSSR count). The standard InChI is InChI=1S/C22H21N3O4S2/c1-29-22-24-19(12-30-22)15-3-2-14-8-17(10-16(14)9-15)21(26)25-7-6-13-4-5-18(11-20(13)25)31(23,27)28/h2-5,9,11-12,17H,6-8,10H2,1H3,(H2,23,27,28). The van der Waals surface area contributed by atoms with Crippen LogP contribution in [0, 0.1) is 5.92 Å². The molecule has 0 spiro atoms. The number of hydrogen-bond donors (Lipinski definition) is 1. The minimum Gasteiger partial charge on any atom is -0.473 e. The highest BCUT2D eigenvalue weighted by Gasteiger charge is 2.34. The molecule has 1 amide bonds. The molecule has 2 heterocycles. The van der Waals surface area contributed by atoms with Crippen molar-refractivity contribution < 1.29 is 17.9 Å². The molecular formula is C22H21N3O4S2. The minimum atomic E-state index is -3.82. The van der Waals surface area contributed by atoms with Gasteiger partial charge in [-0.1, -0.05) is 29.5 Å². The lowest BCUT2D eigenvalue weighted by Crippen LogP contribution is -2.35. The molecule has 1 atom stereocenters. The largest absolute Gasteiger partial charge is 0.473 e. The third-order valence-electron chi connectivity index (χ3n) is 5.99. The highest BCUT2D eigenvalue weighted by atomic mass is 32.2. The van der Waals surface area contributed by atoms with Gasteiger partial charge in [-0.25, -0.2) is 18.5 Å². The maximum absolute atomic E-state index is 13.4. The summed E-state index contributed by atoms with van der Waals surface area (Å²) in [4.78, 5) is 19.6. The quantitative estimate of drug-likeness (QED) is 0.652. The number of benzene rings is 2. The van der Waals surface area contributed by atoms with Crippen molar-refractivity contribution in [3.05, 3.63) is 58.5 Å². The number of primary sulfonamides is 1. The summed E-state index contributed by atoms with van der Waals surface area (Å²) in [7, 11) is -2.22. The second-order valence-electron chi connectivity index (χ2n) is 7.87. The predicted octanol–water partition coefficient (Wildman–Crippen LogP) is 2.77. The summed E-state index contributed by atoms with van der Waals surface area (Å²) in [6.45, 7) is 0.555. The summed E-state index contributed by atoms with van der Waals surface area (Å²) in [5, 5.41) is 7.86. The highest BCUT2D eigenvalue weighted by molar-refractivity contribution is 7.89. The lowest BCUT2D eigenvalue weighted by Gasteiger charge is -2.21. The maximum atomic E-state index is 13.4. The smallest absolute Gasteiger partial charge is 0.273 e. The normalized spacial score (nSPS) is 17.5. The van der Waals surface area contributed by atoms with Crippen molar-refractivity contribution in [2.75, 3.05) is 18.6 Å². The first-order chi connectivity index (χ1) is 14.8. The van der Waals surface area contributed by atoms with E-state index in [1.165, 1.54) is 29.0 Å². The van der Waals surface area contributed by atoms with Crippen molar-refractivity contribution >= 4 is 33.0 Å². The van der Waals surface area contributed by atoms with Crippen molar-refractivity contribution in [3.8, 4) is 16.5 Å². The molecule has 160 valence electrons. The van der Waals surface area contributed by atoms with Crippen molar-refractivity contribution in [1.82, 2.24) is 4.98 Å². The maximum Gasteiger partial charge on any atom is 0.273 e. The Kier molecular flexibility index (Phi) is 4.84. The van der Waals surface area contributed by atoms with Crippen molar-refractivity contribution in [2.45, 2.75) is 24.2 Å². The van der Waals surface area contributed by atoms with Gasteiger partial charge in [0, 0.05) is 29.1 Å². The van der Waals surface area contributed by atoms with Crippen LogP contribution in [0.3, 0.4) is 0 Å². The molecular weight excluding hydrogens is 434 g/mol. The van der Waals surface area contributed by atoms with Gasteiger partial charge in [0.2, 0.25) is 15.9 Å². The highest BCUT2D eigenvalue weighted by Crippen LogP contribution is 2.36. The number of carbonyl (C=O) groups excluding carboxylic acids is 1. The lowest BCUT2D eigenvalue weighted by molar-refractivity contribution is -0.122. The zero-order chi connectivity index (χ0) is 21.8. The van der Waals surface area contributed by atoms with Gasteiger partial charge in [-0.05, 0) is 54.2 Å². The van der Waals surface area contributed by atoms with Crippen LogP contribution in [0.2, 0.25) is 0 Å². The fourth-order valence-electron chi connectivity index (χ4n) is 4.42. The molecule has 1 unspecified atom stereocenters. The Labute approximate surface area is 184 Å². The summed E-state index contributed by atoms with van der Waals surface area (Å²) >= 11 is 1.45. The Morgan fingerprint density at radius 3 is 2.68 bits per heavy atom. The number of aromatic nitrogens is 1. The number of fused-ring (bicyclic) bond motifs is 2. The molecule has 0 fully saturated rings. The molecule has 31 heavy (non-hydrogen) atoms. The van der Waals surface area contributed by atoms with E-state index in [9.17, 15) is 13.2 Å². The van der Waals surface area contributed by atoms with Gasteiger partial charge in [-0.2, -0.15) is 0 Å². The lowest BCUT2D eigenvalue weighted by atomic mass is 10.0. The molecule has 2 N–H and O–H groups in total. The summed E-state index contributed by atoms with van der Waals surface area (Å²) in [6.07, 6.45) is 2.04. The Balaban J connectivity index is 1.38. The zero-order valence-corrected chi connectivity index (χ0v) is 18.5. The SMILES string of the molecule is COc1nc(-c2ccc3c(c2)CC(C(=O)N2CCc4ccc(S(N)(=O)=O)cc42)C3)cs1. The molecule has 1 aliphatic heterocycles. The topological polar surface area (TPSA) is 103 Å². The van der Waals surface area contributed by atoms with E-state index in [-0.39, 0.29) is 16.7 Å². The number of nitrogens with zero attached hydrogens (tertiary/aromatic N) is 2. The van der Waals surface area contributed by atoms with Crippen LogP contribution in [0.5, 0.6) is 5.19 Å². The molecule has 0 saturated carbocycles. The molecule has 0 bridgehead atoms. The third kappa shape index (κ3) is 3.62. The number of thiazole rings is 1. The van der Waals surface area contributed by atoms with E-state index in [0.29, 0.717) is 36.7 Å². The van der Waals surface area contributed by atoms with Crippen LogP contribution >= 0.6 is 11.3 Å². The van der Waals surface area contributed by atoms with Gasteiger partial charge >= 0.3 is 0 Å². The zero-order valence-electron chi connectivity index (χ0n) is 16.9. The number of amides is 1. The van der Waals surface area contributed by atoms with Gasteiger partial charge in [0.15, 0.2) is 0 Å². The summed E-state index contributed by atoms with van der Waals surface area (Å²) in [6, 6.07) is 11.0. The number of carbonyl (C=O) groups is 1.